The average Bonchev–Trinajstić information content (AvgIpc) is 2.85. The second-order valence-corrected chi connectivity index (χ2v) is 8.75. The van der Waals surface area contributed by atoms with Crippen molar-refractivity contribution in [1.29, 1.82) is 0 Å². The maximum absolute atomic E-state index is 13.8. The molecular weight excluding hydrogens is 342 g/mol. The van der Waals surface area contributed by atoms with E-state index in [-0.39, 0.29) is 17.6 Å². The predicted molar refractivity (Wildman–Crippen MR) is 103 cm³/mol. The van der Waals surface area contributed by atoms with Crippen molar-refractivity contribution in [3.63, 3.8) is 0 Å². The van der Waals surface area contributed by atoms with Crippen LogP contribution in [0.4, 0.5) is 0 Å². The van der Waals surface area contributed by atoms with E-state index in [1.165, 1.54) is 11.9 Å². The SMILES string of the molecule is C/C=C/[C@H]1C=C[C@H]2C[C@@H](C)CC[C@@H]2[C@@]1(C)C(=O)C1C(=O)[C@H](CO)N(C)C1=O. The van der Waals surface area contributed by atoms with Gasteiger partial charge in [-0.05, 0) is 37.5 Å². The maximum atomic E-state index is 13.8. The van der Waals surface area contributed by atoms with Gasteiger partial charge < -0.3 is 10.0 Å². The summed E-state index contributed by atoms with van der Waals surface area (Å²) in [5, 5.41) is 9.50. The van der Waals surface area contributed by atoms with Gasteiger partial charge in [0.25, 0.3) is 0 Å². The summed E-state index contributed by atoms with van der Waals surface area (Å²) in [6.45, 7) is 5.68. The number of likely N-dealkylation sites (tertiary alicyclic amines) is 1. The Morgan fingerprint density at radius 1 is 1.33 bits per heavy atom. The van der Waals surface area contributed by atoms with E-state index in [2.05, 4.69) is 19.1 Å². The summed E-state index contributed by atoms with van der Waals surface area (Å²) in [7, 11) is 1.49. The molecule has 1 heterocycles. The Kier molecular flexibility index (Phi) is 5.44. The summed E-state index contributed by atoms with van der Waals surface area (Å²) in [6, 6.07) is -0.906. The quantitative estimate of drug-likeness (QED) is 0.606. The zero-order valence-electron chi connectivity index (χ0n) is 16.7. The fourth-order valence-electron chi connectivity index (χ4n) is 5.54. The molecule has 1 saturated carbocycles. The molecule has 0 spiro atoms. The first kappa shape index (κ1) is 20.0. The number of allylic oxidation sites excluding steroid dienone is 4. The molecule has 1 saturated heterocycles. The molecule has 0 radical (unpaired) electrons. The number of nitrogens with zero attached hydrogens (tertiary/aromatic N) is 1. The van der Waals surface area contributed by atoms with Gasteiger partial charge in [-0.2, -0.15) is 0 Å². The molecule has 5 heteroatoms. The highest BCUT2D eigenvalue weighted by atomic mass is 16.3. The molecule has 1 unspecified atom stereocenters. The lowest BCUT2D eigenvalue weighted by atomic mass is 9.52. The number of aliphatic hydroxyl groups is 1. The minimum atomic E-state index is -1.28. The normalized spacial score (nSPS) is 42.0. The summed E-state index contributed by atoms with van der Waals surface area (Å²) in [6.07, 6.45) is 11.3. The third-order valence-corrected chi connectivity index (χ3v) is 7.23. The molecular formula is C22H31NO4. The zero-order chi connectivity index (χ0) is 19.9. The number of ketones is 2. The van der Waals surface area contributed by atoms with Gasteiger partial charge in [0.05, 0.1) is 6.61 Å². The number of fused-ring (bicyclic) bond motifs is 1. The largest absolute Gasteiger partial charge is 0.394 e. The highest BCUT2D eigenvalue weighted by Crippen LogP contribution is 2.54. The molecule has 2 aliphatic carbocycles. The van der Waals surface area contributed by atoms with Crippen molar-refractivity contribution < 1.29 is 19.5 Å². The molecule has 0 aromatic carbocycles. The van der Waals surface area contributed by atoms with E-state index in [4.69, 9.17) is 0 Å². The van der Waals surface area contributed by atoms with Gasteiger partial charge >= 0.3 is 0 Å². The number of Topliss-reactive ketones (excluding diaryl/α,β-unsaturated/α-hetero) is 2. The molecule has 0 bridgehead atoms. The fourth-order valence-corrected chi connectivity index (χ4v) is 5.54. The molecule has 5 nitrogen and oxygen atoms in total. The van der Waals surface area contributed by atoms with Crippen molar-refractivity contribution in [2.45, 2.75) is 46.1 Å². The zero-order valence-corrected chi connectivity index (χ0v) is 16.7. The number of rotatable bonds is 4. The lowest BCUT2D eigenvalue weighted by molar-refractivity contribution is -0.148. The molecule has 148 valence electrons. The lowest BCUT2D eigenvalue weighted by Crippen LogP contribution is -2.52. The van der Waals surface area contributed by atoms with Crippen LogP contribution < -0.4 is 0 Å². The van der Waals surface area contributed by atoms with Crippen LogP contribution in [0.1, 0.15) is 40.0 Å². The third-order valence-electron chi connectivity index (χ3n) is 7.23. The van der Waals surface area contributed by atoms with Gasteiger partial charge in [-0.3, -0.25) is 14.4 Å². The summed E-state index contributed by atoms with van der Waals surface area (Å²) >= 11 is 0. The Morgan fingerprint density at radius 3 is 2.63 bits per heavy atom. The van der Waals surface area contributed by atoms with Gasteiger partial charge in [0.2, 0.25) is 5.91 Å². The van der Waals surface area contributed by atoms with Crippen LogP contribution in [0.25, 0.3) is 0 Å². The van der Waals surface area contributed by atoms with Crippen LogP contribution in [-0.4, -0.2) is 47.2 Å². The first-order chi connectivity index (χ1) is 12.8. The second kappa shape index (κ2) is 7.34. The van der Waals surface area contributed by atoms with E-state index in [9.17, 15) is 19.5 Å². The van der Waals surface area contributed by atoms with Crippen LogP contribution in [0.15, 0.2) is 24.3 Å². The van der Waals surface area contributed by atoms with Gasteiger partial charge in [0.1, 0.15) is 6.04 Å². The van der Waals surface area contributed by atoms with Crippen LogP contribution >= 0.6 is 0 Å². The minimum Gasteiger partial charge on any atom is -0.394 e. The molecule has 27 heavy (non-hydrogen) atoms. The maximum Gasteiger partial charge on any atom is 0.241 e. The van der Waals surface area contributed by atoms with Crippen molar-refractivity contribution in [1.82, 2.24) is 4.90 Å². The smallest absolute Gasteiger partial charge is 0.241 e. The third kappa shape index (κ3) is 3.00. The molecule has 1 aliphatic heterocycles. The predicted octanol–water partition coefficient (Wildman–Crippen LogP) is 2.39. The highest BCUT2D eigenvalue weighted by Gasteiger charge is 2.58. The Hall–Kier alpha value is -1.75. The number of aliphatic hydroxyl groups excluding tert-OH is 1. The average molecular weight is 373 g/mol. The van der Waals surface area contributed by atoms with Crippen molar-refractivity contribution in [2.24, 2.45) is 35.0 Å². The van der Waals surface area contributed by atoms with Gasteiger partial charge in [-0.1, -0.05) is 44.6 Å². The van der Waals surface area contributed by atoms with Crippen LogP contribution in [-0.2, 0) is 14.4 Å². The van der Waals surface area contributed by atoms with Crippen molar-refractivity contribution >= 4 is 17.5 Å². The van der Waals surface area contributed by atoms with Gasteiger partial charge in [-0.15, -0.1) is 0 Å². The Labute approximate surface area is 161 Å². The molecule has 2 fully saturated rings. The number of carbonyl (C=O) groups is 3. The number of carbonyl (C=O) groups excluding carboxylic acids is 3. The molecule has 0 aromatic heterocycles. The summed E-state index contributed by atoms with van der Waals surface area (Å²) in [4.78, 5) is 40.5. The van der Waals surface area contributed by atoms with Gasteiger partial charge in [-0.25, -0.2) is 0 Å². The van der Waals surface area contributed by atoms with Crippen LogP contribution in [0.2, 0.25) is 0 Å². The van der Waals surface area contributed by atoms with E-state index in [1.807, 2.05) is 26.0 Å². The van der Waals surface area contributed by atoms with E-state index in [0.717, 1.165) is 19.3 Å². The van der Waals surface area contributed by atoms with Crippen LogP contribution in [0, 0.1) is 35.0 Å². The van der Waals surface area contributed by atoms with Crippen molar-refractivity contribution in [2.75, 3.05) is 13.7 Å². The van der Waals surface area contributed by atoms with E-state index in [0.29, 0.717) is 11.8 Å². The number of likely N-dealkylation sites (N-methyl/N-ethyl adjacent to an activating group) is 1. The minimum absolute atomic E-state index is 0.122. The van der Waals surface area contributed by atoms with Gasteiger partial charge in [0, 0.05) is 18.4 Å². The Morgan fingerprint density at radius 2 is 2.04 bits per heavy atom. The van der Waals surface area contributed by atoms with Gasteiger partial charge in [0.15, 0.2) is 17.5 Å². The molecule has 1 amide bonds. The van der Waals surface area contributed by atoms with Crippen LogP contribution in [0.3, 0.4) is 0 Å². The highest BCUT2D eigenvalue weighted by molar-refractivity contribution is 6.25. The second-order valence-electron chi connectivity index (χ2n) is 8.75. The monoisotopic (exact) mass is 373 g/mol. The van der Waals surface area contributed by atoms with E-state index in [1.54, 1.807) is 0 Å². The molecule has 7 atom stereocenters. The summed E-state index contributed by atoms with van der Waals surface area (Å²) in [5.41, 5.74) is -0.784. The number of amides is 1. The molecule has 3 rings (SSSR count). The standard InChI is InChI=1S/C22H31NO4/c1-5-6-15-9-8-14-11-13(2)7-10-16(14)22(15,3)20(26)18-19(25)17(12-24)23(4)21(18)27/h5-6,8-9,13-18,24H,7,10-12H2,1-4H3/b6-5+/t13-,14-,15-,16-,17-,18?,22-/m0/s1. The van der Waals surface area contributed by atoms with E-state index < -0.39 is 35.7 Å². The Bertz CT molecular complexity index is 696. The number of hydrogen-bond donors (Lipinski definition) is 1. The first-order valence-electron chi connectivity index (χ1n) is 10.0. The molecule has 3 aliphatic rings. The van der Waals surface area contributed by atoms with Crippen molar-refractivity contribution in [3.05, 3.63) is 24.3 Å². The summed E-state index contributed by atoms with van der Waals surface area (Å²) in [5.74, 6) is -1.54. The Balaban J connectivity index is 2.02. The van der Waals surface area contributed by atoms with E-state index >= 15 is 0 Å². The molecule has 0 aromatic rings. The summed E-state index contributed by atoms with van der Waals surface area (Å²) < 4.78 is 0. The lowest BCUT2D eigenvalue weighted by Gasteiger charge is -2.50. The van der Waals surface area contributed by atoms with Crippen molar-refractivity contribution in [3.8, 4) is 0 Å². The number of hydrogen-bond acceptors (Lipinski definition) is 4. The molecule has 1 N–H and O–H groups in total. The topological polar surface area (TPSA) is 74.7 Å². The first-order valence-corrected chi connectivity index (χ1v) is 10.0. The fraction of sp³-hybridized carbons (Fsp3) is 0.682. The van der Waals surface area contributed by atoms with Crippen LogP contribution in [0.5, 0.6) is 0 Å².